The van der Waals surface area contributed by atoms with E-state index in [1.165, 1.54) is 43.7 Å². The average Bonchev–Trinajstić information content (AvgIpc) is 3.41. The molecule has 0 aliphatic carbocycles. The number of carbonyl (C=O) groups is 2. The molecule has 2 amide bonds. The summed E-state index contributed by atoms with van der Waals surface area (Å²) in [6.45, 7) is 6.56. The summed E-state index contributed by atoms with van der Waals surface area (Å²) in [6, 6.07) is 0. The van der Waals surface area contributed by atoms with Gasteiger partial charge in [-0.25, -0.2) is 0 Å². The zero-order chi connectivity index (χ0) is 20.1. The molecule has 1 aromatic rings. The molecule has 160 valence electrons. The van der Waals surface area contributed by atoms with Crippen LogP contribution in [-0.2, 0) is 9.59 Å². The number of piperidine rings is 2. The molecule has 0 unspecified atom stereocenters. The Labute approximate surface area is 176 Å². The van der Waals surface area contributed by atoms with Crippen molar-refractivity contribution in [3.05, 3.63) is 0 Å². The largest absolute Gasteiger partial charge is 0.356 e. The molecule has 3 fully saturated rings. The molecule has 4 heterocycles. The number of hydrogen-bond donors (Lipinski definition) is 1. The van der Waals surface area contributed by atoms with Gasteiger partial charge in [-0.15, -0.1) is 10.2 Å². The maximum absolute atomic E-state index is 12.6. The van der Waals surface area contributed by atoms with Gasteiger partial charge in [0.2, 0.25) is 22.1 Å². The molecule has 4 rings (SSSR count). The number of hydrogen-bond acceptors (Lipinski definition) is 7. The second kappa shape index (κ2) is 9.84. The van der Waals surface area contributed by atoms with Gasteiger partial charge in [0, 0.05) is 32.6 Å². The molecule has 3 aliphatic heterocycles. The number of carbonyl (C=O) groups excluding carboxylic acids is 2. The van der Waals surface area contributed by atoms with E-state index in [-0.39, 0.29) is 17.7 Å². The van der Waals surface area contributed by atoms with Crippen molar-refractivity contribution in [1.82, 2.24) is 20.4 Å². The molecule has 0 radical (unpaired) electrons. The van der Waals surface area contributed by atoms with Gasteiger partial charge >= 0.3 is 0 Å². The third-order valence-corrected chi connectivity index (χ3v) is 7.18. The lowest BCUT2D eigenvalue weighted by Gasteiger charge is -2.31. The Morgan fingerprint density at radius 1 is 1.03 bits per heavy atom. The van der Waals surface area contributed by atoms with E-state index in [9.17, 15) is 9.59 Å². The highest BCUT2D eigenvalue weighted by Crippen LogP contribution is 2.32. The number of nitrogens with one attached hydrogen (secondary N) is 1. The molecule has 0 aromatic carbocycles. The molecule has 1 aromatic heterocycles. The van der Waals surface area contributed by atoms with Crippen molar-refractivity contribution in [1.29, 1.82) is 0 Å². The quantitative estimate of drug-likeness (QED) is 0.678. The summed E-state index contributed by atoms with van der Waals surface area (Å²) in [4.78, 5) is 31.0. The van der Waals surface area contributed by atoms with Crippen LogP contribution in [-0.4, -0.2) is 72.7 Å². The number of anilines is 2. The minimum absolute atomic E-state index is 0.000458. The maximum atomic E-state index is 12.6. The summed E-state index contributed by atoms with van der Waals surface area (Å²) in [5.74, 6) is 0.292. The van der Waals surface area contributed by atoms with Gasteiger partial charge in [-0.1, -0.05) is 17.8 Å². The maximum Gasteiger partial charge on any atom is 0.228 e. The number of nitrogens with zero attached hydrogens (tertiary/aromatic N) is 5. The molecular weight excluding hydrogens is 388 g/mol. The lowest BCUT2D eigenvalue weighted by Crippen LogP contribution is -2.43. The highest BCUT2D eigenvalue weighted by Gasteiger charge is 2.30. The molecule has 29 heavy (non-hydrogen) atoms. The van der Waals surface area contributed by atoms with Gasteiger partial charge in [-0.2, -0.15) is 0 Å². The average molecular weight is 421 g/mol. The Kier molecular flexibility index (Phi) is 6.97. The van der Waals surface area contributed by atoms with Crippen LogP contribution < -0.4 is 15.1 Å². The van der Waals surface area contributed by atoms with Crippen LogP contribution in [0.25, 0.3) is 0 Å². The van der Waals surface area contributed by atoms with Crippen LogP contribution in [0.5, 0.6) is 0 Å². The lowest BCUT2D eigenvalue weighted by atomic mass is 9.97. The Hall–Kier alpha value is -1.74. The first-order valence-corrected chi connectivity index (χ1v) is 11.9. The predicted molar refractivity (Wildman–Crippen MR) is 114 cm³/mol. The highest BCUT2D eigenvalue weighted by molar-refractivity contribution is 7.19. The second-order valence-corrected chi connectivity index (χ2v) is 9.28. The molecule has 3 aliphatic rings. The van der Waals surface area contributed by atoms with Gasteiger partial charge in [0.05, 0.1) is 5.92 Å². The van der Waals surface area contributed by atoms with Crippen LogP contribution in [0.3, 0.4) is 0 Å². The standard InChI is InChI=1S/C20H32N6O2S/c27-17-8-5-14-26(17)20-23-22-19(29-20)25-13-4-7-16(15-25)18(28)21-9-6-12-24-10-2-1-3-11-24/h16H,1-15H2,(H,21,28)/t16-/m0/s1. The predicted octanol–water partition coefficient (Wildman–Crippen LogP) is 1.87. The Balaban J connectivity index is 1.23. The van der Waals surface area contributed by atoms with Gasteiger partial charge in [0.15, 0.2) is 0 Å². The third kappa shape index (κ3) is 5.25. The van der Waals surface area contributed by atoms with Crippen LogP contribution in [0.2, 0.25) is 0 Å². The monoisotopic (exact) mass is 420 g/mol. The van der Waals surface area contributed by atoms with Gasteiger partial charge in [-0.05, 0) is 58.2 Å². The Bertz CT molecular complexity index is 705. The molecular formula is C20H32N6O2S. The van der Waals surface area contributed by atoms with Gasteiger partial charge in [0.1, 0.15) is 0 Å². The van der Waals surface area contributed by atoms with E-state index in [1.54, 1.807) is 4.90 Å². The zero-order valence-corrected chi connectivity index (χ0v) is 18.0. The van der Waals surface area contributed by atoms with E-state index in [1.807, 2.05) is 0 Å². The van der Waals surface area contributed by atoms with Crippen LogP contribution in [0.15, 0.2) is 0 Å². The Morgan fingerprint density at radius 3 is 2.66 bits per heavy atom. The van der Waals surface area contributed by atoms with Crippen molar-refractivity contribution < 1.29 is 9.59 Å². The summed E-state index contributed by atoms with van der Waals surface area (Å²) in [5, 5.41) is 13.2. The molecule has 9 heteroatoms. The first-order chi connectivity index (χ1) is 14.2. The van der Waals surface area contributed by atoms with Crippen molar-refractivity contribution in [3.63, 3.8) is 0 Å². The molecule has 0 bridgehead atoms. The van der Waals surface area contributed by atoms with Crippen molar-refractivity contribution >= 4 is 33.4 Å². The minimum atomic E-state index is -0.000458. The number of likely N-dealkylation sites (tertiary alicyclic amines) is 1. The number of aromatic nitrogens is 2. The van der Waals surface area contributed by atoms with Crippen molar-refractivity contribution in [2.45, 2.75) is 51.4 Å². The van der Waals surface area contributed by atoms with Gasteiger partial charge < -0.3 is 15.1 Å². The first-order valence-electron chi connectivity index (χ1n) is 11.1. The molecule has 8 nitrogen and oxygen atoms in total. The van der Waals surface area contributed by atoms with E-state index in [0.29, 0.717) is 18.1 Å². The fourth-order valence-electron chi connectivity index (χ4n) is 4.50. The summed E-state index contributed by atoms with van der Waals surface area (Å²) < 4.78 is 0. The summed E-state index contributed by atoms with van der Waals surface area (Å²) in [5.41, 5.74) is 0. The lowest BCUT2D eigenvalue weighted by molar-refractivity contribution is -0.125. The summed E-state index contributed by atoms with van der Waals surface area (Å²) >= 11 is 1.46. The van der Waals surface area contributed by atoms with Gasteiger partial charge in [0.25, 0.3) is 0 Å². The Morgan fingerprint density at radius 2 is 1.86 bits per heavy atom. The number of rotatable bonds is 7. The summed E-state index contributed by atoms with van der Waals surface area (Å²) in [7, 11) is 0. The van der Waals surface area contributed by atoms with E-state index >= 15 is 0 Å². The molecule has 0 spiro atoms. The van der Waals surface area contributed by atoms with Crippen LogP contribution >= 0.6 is 11.3 Å². The smallest absolute Gasteiger partial charge is 0.228 e. The molecule has 1 atom stereocenters. The van der Waals surface area contributed by atoms with E-state index in [0.717, 1.165) is 57.0 Å². The SMILES string of the molecule is O=C(NCCCN1CCCCC1)[C@H]1CCCN(c2nnc(N3CCCC3=O)s2)C1. The van der Waals surface area contributed by atoms with E-state index in [4.69, 9.17) is 0 Å². The topological polar surface area (TPSA) is 81.7 Å². The van der Waals surface area contributed by atoms with E-state index in [2.05, 4.69) is 25.3 Å². The number of amides is 2. The fourth-order valence-corrected chi connectivity index (χ4v) is 5.43. The summed E-state index contributed by atoms with van der Waals surface area (Å²) in [6.07, 6.45) is 8.37. The second-order valence-electron chi connectivity index (χ2n) is 8.35. The van der Waals surface area contributed by atoms with Crippen LogP contribution in [0.4, 0.5) is 10.3 Å². The first kappa shape index (κ1) is 20.5. The van der Waals surface area contributed by atoms with Crippen LogP contribution in [0.1, 0.15) is 51.4 Å². The highest BCUT2D eigenvalue weighted by atomic mass is 32.1. The van der Waals surface area contributed by atoms with Crippen LogP contribution in [0, 0.1) is 5.92 Å². The van der Waals surface area contributed by atoms with E-state index < -0.39 is 0 Å². The minimum Gasteiger partial charge on any atom is -0.356 e. The van der Waals surface area contributed by atoms with Gasteiger partial charge in [-0.3, -0.25) is 14.5 Å². The molecule has 0 saturated carbocycles. The van der Waals surface area contributed by atoms with Crippen molar-refractivity contribution in [2.24, 2.45) is 5.92 Å². The van der Waals surface area contributed by atoms with Crippen molar-refractivity contribution in [3.8, 4) is 0 Å². The normalized spacial score (nSPS) is 23.6. The molecule has 1 N–H and O–H groups in total. The molecule has 3 saturated heterocycles. The third-order valence-electron chi connectivity index (χ3n) is 6.17. The zero-order valence-electron chi connectivity index (χ0n) is 17.1. The fraction of sp³-hybridized carbons (Fsp3) is 0.800. The van der Waals surface area contributed by atoms with Crippen molar-refractivity contribution in [2.75, 3.05) is 55.6 Å².